The van der Waals surface area contributed by atoms with Crippen molar-refractivity contribution in [2.45, 2.75) is 26.3 Å². The van der Waals surface area contributed by atoms with Gasteiger partial charge in [0.2, 0.25) is 0 Å². The molecule has 2 aromatic carbocycles. The second kappa shape index (κ2) is 9.53. The molecule has 0 N–H and O–H groups in total. The summed E-state index contributed by atoms with van der Waals surface area (Å²) in [6.07, 6.45) is 3.56. The number of likely N-dealkylation sites (tertiary alicyclic amines) is 1. The van der Waals surface area contributed by atoms with Crippen LogP contribution in [0.5, 0.6) is 5.75 Å². The van der Waals surface area contributed by atoms with Crippen molar-refractivity contribution in [3.05, 3.63) is 65.6 Å². The fourth-order valence-electron chi connectivity index (χ4n) is 4.26. The minimum atomic E-state index is -0.416. The second-order valence-corrected chi connectivity index (χ2v) is 8.16. The van der Waals surface area contributed by atoms with Crippen LogP contribution in [-0.2, 0) is 16.1 Å². The van der Waals surface area contributed by atoms with Gasteiger partial charge in [-0.25, -0.2) is 9.07 Å². The number of benzene rings is 2. The smallest absolute Gasteiger partial charge is 0.308 e. The molecule has 1 aromatic heterocycles. The zero-order chi connectivity index (χ0) is 22.7. The van der Waals surface area contributed by atoms with Crippen molar-refractivity contribution in [2.75, 3.05) is 27.3 Å². The van der Waals surface area contributed by atoms with Gasteiger partial charge in [0.25, 0.3) is 0 Å². The number of para-hydroxylation sites is 1. The highest BCUT2D eigenvalue weighted by atomic mass is 19.1. The topological polar surface area (TPSA) is 56.6 Å². The Morgan fingerprint density at radius 3 is 2.56 bits per heavy atom. The van der Waals surface area contributed by atoms with Gasteiger partial charge in [0.05, 0.1) is 31.5 Å². The Morgan fingerprint density at radius 1 is 1.16 bits per heavy atom. The predicted octanol–water partition coefficient (Wildman–Crippen LogP) is 4.38. The zero-order valence-electron chi connectivity index (χ0n) is 18.7. The minimum Gasteiger partial charge on any atom is -0.494 e. The summed E-state index contributed by atoms with van der Waals surface area (Å²) >= 11 is 0. The third-order valence-electron chi connectivity index (χ3n) is 6.09. The molecule has 0 bridgehead atoms. The molecule has 0 aliphatic carbocycles. The van der Waals surface area contributed by atoms with Crippen LogP contribution in [0.4, 0.5) is 4.39 Å². The average molecular weight is 438 g/mol. The summed E-state index contributed by atoms with van der Waals surface area (Å²) in [7, 11) is 2.89. The number of halogens is 1. The number of aryl methyl sites for hydroxylation is 1. The van der Waals surface area contributed by atoms with Gasteiger partial charge in [-0.1, -0.05) is 18.2 Å². The fourth-order valence-corrected chi connectivity index (χ4v) is 4.26. The Balaban J connectivity index is 1.65. The predicted molar refractivity (Wildman–Crippen MR) is 120 cm³/mol. The van der Waals surface area contributed by atoms with E-state index in [-0.39, 0.29) is 17.6 Å². The highest BCUT2D eigenvalue weighted by Gasteiger charge is 2.26. The van der Waals surface area contributed by atoms with Crippen molar-refractivity contribution in [1.82, 2.24) is 14.7 Å². The monoisotopic (exact) mass is 437 g/mol. The molecule has 2 heterocycles. The zero-order valence-corrected chi connectivity index (χ0v) is 18.7. The second-order valence-electron chi connectivity index (χ2n) is 8.16. The summed E-state index contributed by atoms with van der Waals surface area (Å²) in [6.45, 7) is 4.31. The molecular weight excluding hydrogens is 409 g/mol. The lowest BCUT2D eigenvalue weighted by Gasteiger charge is -2.30. The lowest BCUT2D eigenvalue weighted by Crippen LogP contribution is -2.36. The van der Waals surface area contributed by atoms with Gasteiger partial charge < -0.3 is 9.47 Å². The summed E-state index contributed by atoms with van der Waals surface area (Å²) in [5.74, 6) is -0.383. The van der Waals surface area contributed by atoms with Gasteiger partial charge in [-0.05, 0) is 62.7 Å². The van der Waals surface area contributed by atoms with Gasteiger partial charge in [0.1, 0.15) is 0 Å². The van der Waals surface area contributed by atoms with Gasteiger partial charge in [-0.15, -0.1) is 0 Å². The molecule has 32 heavy (non-hydrogen) atoms. The number of aromatic nitrogens is 2. The first-order valence-electron chi connectivity index (χ1n) is 10.8. The van der Waals surface area contributed by atoms with Gasteiger partial charge in [-0.3, -0.25) is 9.69 Å². The van der Waals surface area contributed by atoms with E-state index in [9.17, 15) is 9.18 Å². The lowest BCUT2D eigenvalue weighted by atomic mass is 9.96. The molecule has 0 saturated carbocycles. The number of rotatable bonds is 6. The van der Waals surface area contributed by atoms with E-state index in [2.05, 4.69) is 4.90 Å². The number of hydrogen-bond donors (Lipinski definition) is 0. The van der Waals surface area contributed by atoms with Crippen molar-refractivity contribution in [1.29, 1.82) is 0 Å². The standard InChI is InChI=1S/C25H28FN3O3/c1-17-6-4-5-7-22(17)29-16-20(15-28-12-10-18(11-13-28)25(30)32-3)24(27-29)19-8-9-23(31-2)21(26)14-19/h4-9,14,16,18H,10-13,15H2,1-3H3. The highest BCUT2D eigenvalue weighted by Crippen LogP contribution is 2.30. The third-order valence-corrected chi connectivity index (χ3v) is 6.09. The molecule has 0 spiro atoms. The van der Waals surface area contributed by atoms with Crippen molar-refractivity contribution in [3.8, 4) is 22.7 Å². The molecule has 0 radical (unpaired) electrons. The van der Waals surface area contributed by atoms with Gasteiger partial charge >= 0.3 is 5.97 Å². The van der Waals surface area contributed by atoms with Crippen molar-refractivity contribution < 1.29 is 18.7 Å². The Kier molecular flexibility index (Phi) is 6.55. The molecular formula is C25H28FN3O3. The van der Waals surface area contributed by atoms with Crippen molar-refractivity contribution in [3.63, 3.8) is 0 Å². The van der Waals surface area contributed by atoms with Crippen LogP contribution in [0.1, 0.15) is 24.0 Å². The van der Waals surface area contributed by atoms with Gasteiger partial charge in [0.15, 0.2) is 11.6 Å². The number of ether oxygens (including phenoxy) is 2. The Bertz CT molecular complexity index is 1100. The van der Waals surface area contributed by atoms with Crippen molar-refractivity contribution in [2.24, 2.45) is 5.92 Å². The molecule has 7 heteroatoms. The van der Waals surface area contributed by atoms with E-state index < -0.39 is 5.82 Å². The van der Waals surface area contributed by atoms with E-state index in [4.69, 9.17) is 14.6 Å². The van der Waals surface area contributed by atoms with E-state index in [1.165, 1.54) is 20.3 Å². The molecule has 0 unspecified atom stereocenters. The summed E-state index contributed by atoms with van der Waals surface area (Å²) in [5.41, 5.74) is 4.54. The molecule has 1 aliphatic rings. The number of esters is 1. The van der Waals surface area contributed by atoms with Crippen LogP contribution in [0, 0.1) is 18.7 Å². The van der Waals surface area contributed by atoms with Crippen LogP contribution in [0.15, 0.2) is 48.7 Å². The first-order chi connectivity index (χ1) is 15.5. The van der Waals surface area contributed by atoms with Crippen LogP contribution in [0.2, 0.25) is 0 Å². The normalized spacial score (nSPS) is 15.0. The number of nitrogens with zero attached hydrogens (tertiary/aromatic N) is 3. The largest absolute Gasteiger partial charge is 0.494 e. The molecule has 168 valence electrons. The number of hydrogen-bond acceptors (Lipinski definition) is 5. The maximum Gasteiger partial charge on any atom is 0.308 e. The van der Waals surface area contributed by atoms with E-state index in [0.29, 0.717) is 12.1 Å². The molecule has 1 saturated heterocycles. The fraction of sp³-hybridized carbons (Fsp3) is 0.360. The van der Waals surface area contributed by atoms with E-state index in [0.717, 1.165) is 48.4 Å². The lowest BCUT2D eigenvalue weighted by molar-refractivity contribution is -0.147. The molecule has 0 atom stereocenters. The summed E-state index contributed by atoms with van der Waals surface area (Å²) in [4.78, 5) is 14.2. The van der Waals surface area contributed by atoms with E-state index in [1.54, 1.807) is 6.07 Å². The minimum absolute atomic E-state index is 0.0407. The van der Waals surface area contributed by atoms with Gasteiger partial charge in [-0.2, -0.15) is 5.10 Å². The molecule has 1 aliphatic heterocycles. The maximum absolute atomic E-state index is 14.5. The van der Waals surface area contributed by atoms with E-state index >= 15 is 0 Å². The van der Waals surface area contributed by atoms with Crippen LogP contribution < -0.4 is 4.74 Å². The first-order valence-corrected chi connectivity index (χ1v) is 10.8. The molecule has 3 aromatic rings. The van der Waals surface area contributed by atoms with Gasteiger partial charge in [0, 0.05) is 23.9 Å². The molecule has 4 rings (SSSR count). The maximum atomic E-state index is 14.5. The molecule has 1 fully saturated rings. The number of carbonyl (C=O) groups excluding carboxylic acids is 1. The number of carbonyl (C=O) groups is 1. The van der Waals surface area contributed by atoms with Crippen LogP contribution in [-0.4, -0.2) is 48.0 Å². The molecule has 6 nitrogen and oxygen atoms in total. The average Bonchev–Trinajstić information content (AvgIpc) is 3.22. The van der Waals surface area contributed by atoms with Crippen molar-refractivity contribution >= 4 is 5.97 Å². The third kappa shape index (κ3) is 4.53. The molecule has 0 amide bonds. The summed E-state index contributed by atoms with van der Waals surface area (Å²) in [6, 6.07) is 13.0. The Morgan fingerprint density at radius 2 is 1.91 bits per heavy atom. The van der Waals surface area contributed by atoms with Crippen LogP contribution >= 0.6 is 0 Å². The van der Waals surface area contributed by atoms with E-state index in [1.807, 2.05) is 48.1 Å². The highest BCUT2D eigenvalue weighted by molar-refractivity contribution is 5.72. The van der Waals surface area contributed by atoms with Crippen LogP contribution in [0.25, 0.3) is 16.9 Å². The Hall–Kier alpha value is -3.19. The summed E-state index contributed by atoms with van der Waals surface area (Å²) in [5, 5.41) is 4.84. The first kappa shape index (κ1) is 22.0. The van der Waals surface area contributed by atoms with Crippen LogP contribution in [0.3, 0.4) is 0 Å². The summed E-state index contributed by atoms with van der Waals surface area (Å²) < 4.78 is 26.3. The Labute approximate surface area is 187 Å². The SMILES string of the molecule is COC(=O)C1CCN(Cc2cn(-c3ccccc3C)nc2-c2ccc(OC)c(F)c2)CC1. The number of piperidine rings is 1. The quantitative estimate of drug-likeness (QED) is 0.536. The number of methoxy groups -OCH3 is 2.